The summed E-state index contributed by atoms with van der Waals surface area (Å²) < 4.78 is 13.5. The Morgan fingerprint density at radius 3 is 2.79 bits per heavy atom. The van der Waals surface area contributed by atoms with Crippen LogP contribution in [0.15, 0.2) is 24.3 Å². The smallest absolute Gasteiger partial charge is 0.166 e. The zero-order chi connectivity index (χ0) is 13.2. The second kappa shape index (κ2) is 5.45. The minimum Gasteiger partial charge on any atom is -0.360 e. The van der Waals surface area contributed by atoms with Crippen LogP contribution in [-0.2, 0) is 6.54 Å². The lowest BCUT2D eigenvalue weighted by Crippen LogP contribution is -2.44. The summed E-state index contributed by atoms with van der Waals surface area (Å²) in [6.45, 7) is 0.444. The fourth-order valence-electron chi connectivity index (χ4n) is 3.46. The number of fused-ring (bicyclic) bond motifs is 2. The lowest BCUT2D eigenvalue weighted by molar-refractivity contribution is 0.389. The van der Waals surface area contributed by atoms with Crippen molar-refractivity contribution in [3.63, 3.8) is 0 Å². The molecular formula is C15H19FN2S. The summed E-state index contributed by atoms with van der Waals surface area (Å²) >= 11 is 5.30. The van der Waals surface area contributed by atoms with Gasteiger partial charge in [0.25, 0.3) is 0 Å². The molecule has 4 heteroatoms. The van der Waals surface area contributed by atoms with Gasteiger partial charge in [0, 0.05) is 18.2 Å². The zero-order valence-corrected chi connectivity index (χ0v) is 11.7. The standard InChI is InChI=1S/C15H19FN2S/c16-13-4-2-1-3-12(13)9-17-15(19)18-14-8-10-5-6-11(14)7-10/h1-4,10-11,14H,5-9H2,(H2,17,18,19)/t10-,11-,14+/m0/s1. The van der Waals surface area contributed by atoms with Crippen molar-refractivity contribution in [2.45, 2.75) is 38.3 Å². The van der Waals surface area contributed by atoms with Gasteiger partial charge in [0.1, 0.15) is 5.82 Å². The Hall–Kier alpha value is -1.16. The summed E-state index contributed by atoms with van der Waals surface area (Å²) in [7, 11) is 0. The first-order valence-corrected chi connectivity index (χ1v) is 7.41. The largest absolute Gasteiger partial charge is 0.360 e. The molecule has 19 heavy (non-hydrogen) atoms. The third-order valence-electron chi connectivity index (χ3n) is 4.45. The van der Waals surface area contributed by atoms with Gasteiger partial charge >= 0.3 is 0 Å². The number of thiocarbonyl (C=S) groups is 1. The van der Waals surface area contributed by atoms with E-state index in [1.165, 1.54) is 31.7 Å². The Kier molecular flexibility index (Phi) is 3.69. The van der Waals surface area contributed by atoms with Crippen molar-refractivity contribution in [1.29, 1.82) is 0 Å². The van der Waals surface area contributed by atoms with E-state index >= 15 is 0 Å². The molecule has 0 aliphatic heterocycles. The highest BCUT2D eigenvalue weighted by Crippen LogP contribution is 2.44. The van der Waals surface area contributed by atoms with Crippen LogP contribution in [0.5, 0.6) is 0 Å². The minimum atomic E-state index is -0.183. The summed E-state index contributed by atoms with van der Waals surface area (Å²) in [5.74, 6) is 1.51. The first-order valence-electron chi connectivity index (χ1n) is 7.00. The quantitative estimate of drug-likeness (QED) is 0.831. The van der Waals surface area contributed by atoms with Crippen LogP contribution in [-0.4, -0.2) is 11.2 Å². The Bertz CT molecular complexity index is 477. The predicted molar refractivity (Wildman–Crippen MR) is 78.2 cm³/mol. The number of halogens is 1. The molecule has 1 aromatic rings. The van der Waals surface area contributed by atoms with Gasteiger partial charge < -0.3 is 10.6 Å². The maximum absolute atomic E-state index is 13.5. The van der Waals surface area contributed by atoms with Crippen LogP contribution in [0.2, 0.25) is 0 Å². The molecule has 2 nitrogen and oxygen atoms in total. The number of hydrogen-bond acceptors (Lipinski definition) is 1. The molecule has 0 heterocycles. The van der Waals surface area contributed by atoms with Crippen LogP contribution >= 0.6 is 12.2 Å². The molecule has 2 bridgehead atoms. The lowest BCUT2D eigenvalue weighted by atomic mass is 9.96. The number of rotatable bonds is 3. The molecular weight excluding hydrogens is 259 g/mol. The lowest BCUT2D eigenvalue weighted by Gasteiger charge is -2.24. The van der Waals surface area contributed by atoms with Crippen LogP contribution in [0.4, 0.5) is 4.39 Å². The molecule has 0 unspecified atom stereocenters. The second-order valence-corrected chi connectivity index (χ2v) is 6.11. The summed E-state index contributed by atoms with van der Waals surface area (Å²) in [5, 5.41) is 7.16. The maximum Gasteiger partial charge on any atom is 0.166 e. The Labute approximate surface area is 118 Å². The van der Waals surface area contributed by atoms with Crippen molar-refractivity contribution in [3.05, 3.63) is 35.6 Å². The second-order valence-electron chi connectivity index (χ2n) is 5.70. The molecule has 0 amide bonds. The highest BCUT2D eigenvalue weighted by atomic mass is 32.1. The number of benzene rings is 1. The van der Waals surface area contributed by atoms with E-state index in [1.54, 1.807) is 12.1 Å². The Morgan fingerprint density at radius 1 is 1.26 bits per heavy atom. The monoisotopic (exact) mass is 278 g/mol. The molecule has 2 N–H and O–H groups in total. The van der Waals surface area contributed by atoms with Gasteiger partial charge in [-0.2, -0.15) is 0 Å². The van der Waals surface area contributed by atoms with Crippen molar-refractivity contribution >= 4 is 17.3 Å². The normalized spacial score (nSPS) is 28.4. The third-order valence-corrected chi connectivity index (χ3v) is 4.71. The van der Waals surface area contributed by atoms with Gasteiger partial charge in [-0.3, -0.25) is 0 Å². The molecule has 2 saturated carbocycles. The molecule has 0 aromatic heterocycles. The van der Waals surface area contributed by atoms with E-state index in [0.29, 0.717) is 23.3 Å². The first-order chi connectivity index (χ1) is 9.22. The molecule has 0 spiro atoms. The first kappa shape index (κ1) is 12.9. The van der Waals surface area contributed by atoms with Gasteiger partial charge in [0.2, 0.25) is 0 Å². The van der Waals surface area contributed by atoms with Gasteiger partial charge in [-0.05, 0) is 49.4 Å². The summed E-state index contributed by atoms with van der Waals surface area (Å²) in [5.41, 5.74) is 0.652. The van der Waals surface area contributed by atoms with Gasteiger partial charge in [-0.25, -0.2) is 4.39 Å². The van der Waals surface area contributed by atoms with E-state index in [4.69, 9.17) is 12.2 Å². The number of nitrogens with one attached hydrogen (secondary N) is 2. The molecule has 3 rings (SSSR count). The molecule has 3 atom stereocenters. The van der Waals surface area contributed by atoms with Crippen molar-refractivity contribution in [3.8, 4) is 0 Å². The molecule has 2 aliphatic rings. The van der Waals surface area contributed by atoms with Crippen LogP contribution in [0.3, 0.4) is 0 Å². The van der Waals surface area contributed by atoms with E-state index < -0.39 is 0 Å². The molecule has 2 fully saturated rings. The van der Waals surface area contributed by atoms with Crippen LogP contribution < -0.4 is 10.6 Å². The van der Waals surface area contributed by atoms with E-state index in [2.05, 4.69) is 10.6 Å². The van der Waals surface area contributed by atoms with Crippen molar-refractivity contribution < 1.29 is 4.39 Å². The highest BCUT2D eigenvalue weighted by molar-refractivity contribution is 7.80. The molecule has 102 valence electrons. The van der Waals surface area contributed by atoms with E-state index in [-0.39, 0.29) is 5.82 Å². The summed E-state index contributed by atoms with van der Waals surface area (Å²) in [6.07, 6.45) is 5.32. The SMILES string of the molecule is Fc1ccccc1CNC(=S)N[C@@H]1C[C@H]2CC[C@H]1C2. The fraction of sp³-hybridized carbons (Fsp3) is 0.533. The average Bonchev–Trinajstić information content (AvgIpc) is 3.00. The fourth-order valence-corrected chi connectivity index (χ4v) is 3.68. The zero-order valence-electron chi connectivity index (χ0n) is 10.9. The highest BCUT2D eigenvalue weighted by Gasteiger charge is 2.39. The number of hydrogen-bond donors (Lipinski definition) is 2. The van der Waals surface area contributed by atoms with Crippen LogP contribution in [0.1, 0.15) is 31.2 Å². The Balaban J connectivity index is 1.48. The van der Waals surface area contributed by atoms with E-state index in [9.17, 15) is 4.39 Å². The van der Waals surface area contributed by atoms with Crippen LogP contribution in [0.25, 0.3) is 0 Å². The van der Waals surface area contributed by atoms with Gasteiger partial charge in [-0.15, -0.1) is 0 Å². The molecule has 1 aromatic carbocycles. The average molecular weight is 278 g/mol. The predicted octanol–water partition coefficient (Wildman–Crippen LogP) is 2.98. The van der Waals surface area contributed by atoms with E-state index in [0.717, 1.165) is 11.8 Å². The Morgan fingerprint density at radius 2 is 2.11 bits per heavy atom. The van der Waals surface area contributed by atoms with Gasteiger partial charge in [0.15, 0.2) is 5.11 Å². The molecule has 0 radical (unpaired) electrons. The maximum atomic E-state index is 13.5. The van der Waals surface area contributed by atoms with Crippen molar-refractivity contribution in [2.75, 3.05) is 0 Å². The van der Waals surface area contributed by atoms with Gasteiger partial charge in [0.05, 0.1) is 0 Å². The molecule has 0 saturated heterocycles. The molecule has 2 aliphatic carbocycles. The van der Waals surface area contributed by atoms with Gasteiger partial charge in [-0.1, -0.05) is 24.6 Å². The topological polar surface area (TPSA) is 24.1 Å². The van der Waals surface area contributed by atoms with Crippen molar-refractivity contribution in [1.82, 2.24) is 10.6 Å². The minimum absolute atomic E-state index is 0.183. The third kappa shape index (κ3) is 2.89. The van der Waals surface area contributed by atoms with Crippen molar-refractivity contribution in [2.24, 2.45) is 11.8 Å². The van der Waals surface area contributed by atoms with E-state index in [1.807, 2.05) is 6.07 Å². The van der Waals surface area contributed by atoms with Crippen LogP contribution in [0, 0.1) is 17.7 Å². The summed E-state index contributed by atoms with van der Waals surface area (Å²) in [4.78, 5) is 0. The summed E-state index contributed by atoms with van der Waals surface area (Å²) in [6, 6.07) is 7.32.